The van der Waals surface area contributed by atoms with Gasteiger partial charge in [0.05, 0.1) is 0 Å². The fourth-order valence-electron chi connectivity index (χ4n) is 1.27. The molecule has 0 unspecified atom stereocenters. The van der Waals surface area contributed by atoms with Gasteiger partial charge in [-0.2, -0.15) is 0 Å². The summed E-state index contributed by atoms with van der Waals surface area (Å²) in [5.41, 5.74) is 5.40. The second-order valence-electron chi connectivity index (χ2n) is 2.66. The number of rotatable bonds is 2. The lowest BCUT2D eigenvalue weighted by molar-refractivity contribution is 0.0526. The molecule has 0 amide bonds. The molecule has 1 rings (SSSR count). The molecular formula is C7H15NO. The van der Waals surface area contributed by atoms with Crippen molar-refractivity contribution in [2.24, 2.45) is 11.7 Å². The molecule has 1 atom stereocenters. The third-order valence-electron chi connectivity index (χ3n) is 1.83. The number of ether oxygens (including phenoxy) is 1. The van der Waals surface area contributed by atoms with Crippen LogP contribution in [0.25, 0.3) is 0 Å². The minimum Gasteiger partial charge on any atom is -0.381 e. The van der Waals surface area contributed by atoms with Gasteiger partial charge in [0, 0.05) is 13.2 Å². The molecule has 0 spiro atoms. The third-order valence-corrected chi connectivity index (χ3v) is 1.83. The fourth-order valence-corrected chi connectivity index (χ4v) is 1.27. The first-order chi connectivity index (χ1) is 4.43. The normalized spacial score (nSPS) is 28.3. The van der Waals surface area contributed by atoms with Crippen molar-refractivity contribution in [2.45, 2.75) is 19.3 Å². The molecule has 1 heterocycles. The van der Waals surface area contributed by atoms with E-state index < -0.39 is 0 Å². The van der Waals surface area contributed by atoms with Gasteiger partial charge in [0.1, 0.15) is 0 Å². The van der Waals surface area contributed by atoms with Gasteiger partial charge in [-0.3, -0.25) is 0 Å². The molecule has 1 aliphatic rings. The summed E-state index contributed by atoms with van der Waals surface area (Å²) in [5.74, 6) is 0.753. The number of hydrogen-bond acceptors (Lipinski definition) is 2. The Kier molecular flexibility index (Phi) is 3.01. The van der Waals surface area contributed by atoms with Crippen LogP contribution in [0.15, 0.2) is 0 Å². The lowest BCUT2D eigenvalue weighted by atomic mass is 9.99. The van der Waals surface area contributed by atoms with Gasteiger partial charge in [0.25, 0.3) is 0 Å². The Morgan fingerprint density at radius 3 is 3.00 bits per heavy atom. The first-order valence-electron chi connectivity index (χ1n) is 3.71. The minimum absolute atomic E-state index is 0.753. The second-order valence-corrected chi connectivity index (χ2v) is 2.66. The van der Waals surface area contributed by atoms with E-state index >= 15 is 0 Å². The van der Waals surface area contributed by atoms with E-state index in [0.717, 1.165) is 32.1 Å². The minimum atomic E-state index is 0.753. The van der Waals surface area contributed by atoms with Gasteiger partial charge in [-0.1, -0.05) is 0 Å². The van der Waals surface area contributed by atoms with Crippen LogP contribution in [0, 0.1) is 5.92 Å². The van der Waals surface area contributed by atoms with E-state index in [4.69, 9.17) is 10.5 Å². The van der Waals surface area contributed by atoms with Gasteiger partial charge >= 0.3 is 0 Å². The predicted octanol–water partition coefficient (Wildman–Crippen LogP) is 0.762. The highest BCUT2D eigenvalue weighted by molar-refractivity contribution is 4.62. The average molecular weight is 129 g/mol. The van der Waals surface area contributed by atoms with Gasteiger partial charge in [-0.25, -0.2) is 0 Å². The summed E-state index contributed by atoms with van der Waals surface area (Å²) < 4.78 is 5.28. The van der Waals surface area contributed by atoms with Gasteiger partial charge in [0.2, 0.25) is 0 Å². The predicted molar refractivity (Wildman–Crippen MR) is 37.2 cm³/mol. The van der Waals surface area contributed by atoms with Crippen LogP contribution in [0.1, 0.15) is 19.3 Å². The Hall–Kier alpha value is -0.0800. The van der Waals surface area contributed by atoms with Crippen LogP contribution in [-0.2, 0) is 4.74 Å². The van der Waals surface area contributed by atoms with E-state index in [1.165, 1.54) is 12.8 Å². The molecule has 0 aromatic carbocycles. The van der Waals surface area contributed by atoms with Crippen LogP contribution in [0.4, 0.5) is 0 Å². The van der Waals surface area contributed by atoms with Crippen molar-refractivity contribution in [3.8, 4) is 0 Å². The average Bonchev–Trinajstić information content (AvgIpc) is 1.91. The maximum absolute atomic E-state index is 5.40. The zero-order valence-electron chi connectivity index (χ0n) is 5.81. The van der Waals surface area contributed by atoms with Crippen molar-refractivity contribution in [3.63, 3.8) is 0 Å². The Morgan fingerprint density at radius 2 is 2.44 bits per heavy atom. The summed E-state index contributed by atoms with van der Waals surface area (Å²) >= 11 is 0. The van der Waals surface area contributed by atoms with Gasteiger partial charge in [-0.15, -0.1) is 0 Å². The monoisotopic (exact) mass is 129 g/mol. The Labute approximate surface area is 56.4 Å². The molecule has 0 aliphatic carbocycles. The lowest BCUT2D eigenvalue weighted by Gasteiger charge is -2.20. The van der Waals surface area contributed by atoms with E-state index in [1.54, 1.807) is 0 Å². The molecule has 1 saturated heterocycles. The van der Waals surface area contributed by atoms with E-state index in [0.29, 0.717) is 0 Å². The highest BCUT2D eigenvalue weighted by Gasteiger charge is 2.11. The summed E-state index contributed by atoms with van der Waals surface area (Å²) in [7, 11) is 0. The molecule has 1 fully saturated rings. The Bertz CT molecular complexity index is 66.6. The van der Waals surface area contributed by atoms with Crippen LogP contribution in [0.2, 0.25) is 0 Å². The topological polar surface area (TPSA) is 35.2 Å². The molecule has 0 aromatic heterocycles. The van der Waals surface area contributed by atoms with Crippen LogP contribution in [0.3, 0.4) is 0 Å². The number of hydrogen-bond donors (Lipinski definition) is 1. The Balaban J connectivity index is 2.08. The molecular weight excluding hydrogens is 114 g/mol. The quantitative estimate of drug-likeness (QED) is 0.597. The molecule has 0 aromatic rings. The SMILES string of the molecule is NCC[C@@H]1CCCOC1. The number of nitrogens with two attached hydrogens (primary N) is 1. The van der Waals surface area contributed by atoms with Crippen molar-refractivity contribution < 1.29 is 4.74 Å². The van der Waals surface area contributed by atoms with Crippen molar-refractivity contribution >= 4 is 0 Å². The molecule has 0 saturated carbocycles. The van der Waals surface area contributed by atoms with Crippen molar-refractivity contribution in [2.75, 3.05) is 19.8 Å². The summed E-state index contributed by atoms with van der Waals surface area (Å²) in [6.07, 6.45) is 3.68. The van der Waals surface area contributed by atoms with Crippen LogP contribution in [0.5, 0.6) is 0 Å². The standard InChI is InChI=1S/C7H15NO/c8-4-3-7-2-1-5-9-6-7/h7H,1-6,8H2/t7-/m0/s1. The van der Waals surface area contributed by atoms with Gasteiger partial charge in [-0.05, 0) is 31.7 Å². The van der Waals surface area contributed by atoms with Crippen molar-refractivity contribution in [3.05, 3.63) is 0 Å². The van der Waals surface area contributed by atoms with E-state index in [-0.39, 0.29) is 0 Å². The summed E-state index contributed by atoms with van der Waals surface area (Å²) in [5, 5.41) is 0. The second kappa shape index (κ2) is 3.85. The third kappa shape index (κ3) is 2.33. The van der Waals surface area contributed by atoms with E-state index in [2.05, 4.69) is 0 Å². The highest BCUT2D eigenvalue weighted by atomic mass is 16.5. The first-order valence-corrected chi connectivity index (χ1v) is 3.71. The van der Waals surface area contributed by atoms with Crippen molar-refractivity contribution in [1.82, 2.24) is 0 Å². The van der Waals surface area contributed by atoms with E-state index in [9.17, 15) is 0 Å². The smallest absolute Gasteiger partial charge is 0.0494 e. The maximum Gasteiger partial charge on any atom is 0.0494 e. The molecule has 2 N–H and O–H groups in total. The van der Waals surface area contributed by atoms with Gasteiger partial charge in [0.15, 0.2) is 0 Å². The van der Waals surface area contributed by atoms with Crippen LogP contribution >= 0.6 is 0 Å². The molecule has 9 heavy (non-hydrogen) atoms. The molecule has 54 valence electrons. The van der Waals surface area contributed by atoms with Crippen LogP contribution < -0.4 is 5.73 Å². The summed E-state index contributed by atoms with van der Waals surface area (Å²) in [4.78, 5) is 0. The Morgan fingerprint density at radius 1 is 1.56 bits per heavy atom. The molecule has 1 aliphatic heterocycles. The molecule has 2 heteroatoms. The maximum atomic E-state index is 5.40. The first kappa shape index (κ1) is 7.03. The van der Waals surface area contributed by atoms with Crippen molar-refractivity contribution in [1.29, 1.82) is 0 Å². The molecule has 0 radical (unpaired) electrons. The fraction of sp³-hybridized carbons (Fsp3) is 1.00. The zero-order valence-corrected chi connectivity index (χ0v) is 5.81. The summed E-state index contributed by atoms with van der Waals surface area (Å²) in [6, 6.07) is 0. The summed E-state index contributed by atoms with van der Waals surface area (Å²) in [6.45, 7) is 2.71. The highest BCUT2D eigenvalue weighted by Crippen LogP contribution is 2.15. The molecule has 2 nitrogen and oxygen atoms in total. The van der Waals surface area contributed by atoms with E-state index in [1.807, 2.05) is 0 Å². The lowest BCUT2D eigenvalue weighted by Crippen LogP contribution is -2.19. The largest absolute Gasteiger partial charge is 0.381 e. The zero-order chi connectivity index (χ0) is 6.53. The van der Waals surface area contributed by atoms with Gasteiger partial charge < -0.3 is 10.5 Å². The molecule has 0 bridgehead atoms. The van der Waals surface area contributed by atoms with Crippen LogP contribution in [-0.4, -0.2) is 19.8 Å².